The molecule has 4 nitrogen and oxygen atoms in total. The molecule has 0 amide bonds. The van der Waals surface area contributed by atoms with Crippen molar-refractivity contribution < 1.29 is 0 Å². The lowest BCUT2D eigenvalue weighted by Gasteiger charge is -2.16. The van der Waals surface area contributed by atoms with Gasteiger partial charge in [0, 0.05) is 25.2 Å². The highest BCUT2D eigenvalue weighted by Gasteiger charge is 2.12. The minimum absolute atomic E-state index is 0.602. The zero-order chi connectivity index (χ0) is 9.80. The lowest BCUT2D eigenvalue weighted by molar-refractivity contribution is 0.566. The van der Waals surface area contributed by atoms with Crippen molar-refractivity contribution in [3.05, 3.63) is 11.8 Å². The van der Waals surface area contributed by atoms with Gasteiger partial charge in [0.1, 0.15) is 5.82 Å². The molecular formula is C10H14N4. The molecule has 0 atom stereocenters. The maximum Gasteiger partial charge on any atom is 0.128 e. The van der Waals surface area contributed by atoms with Gasteiger partial charge in [-0.25, -0.2) is 4.68 Å². The van der Waals surface area contributed by atoms with Gasteiger partial charge in [-0.05, 0) is 6.42 Å². The monoisotopic (exact) mass is 190 g/mol. The number of rotatable bonds is 3. The molecule has 0 fully saturated rings. The minimum Gasteiger partial charge on any atom is -0.370 e. The van der Waals surface area contributed by atoms with Crippen LogP contribution in [0.25, 0.3) is 0 Å². The summed E-state index contributed by atoms with van der Waals surface area (Å²) in [5.74, 6) is 3.69. The fourth-order valence-electron chi connectivity index (χ4n) is 1.63. The number of hydrogen-bond acceptors (Lipinski definition) is 3. The molecule has 1 aromatic rings. The Morgan fingerprint density at radius 2 is 2.64 bits per heavy atom. The van der Waals surface area contributed by atoms with Crippen molar-refractivity contribution in [2.45, 2.75) is 19.5 Å². The summed E-state index contributed by atoms with van der Waals surface area (Å²) in [4.78, 5) is 0. The first-order valence-electron chi connectivity index (χ1n) is 4.84. The molecule has 1 aliphatic rings. The van der Waals surface area contributed by atoms with Gasteiger partial charge in [0.05, 0.1) is 12.7 Å². The normalized spacial score (nSPS) is 14.2. The molecule has 0 spiro atoms. The molecule has 0 radical (unpaired) electrons. The van der Waals surface area contributed by atoms with E-state index in [0.717, 1.165) is 31.9 Å². The molecule has 74 valence electrons. The van der Waals surface area contributed by atoms with Crippen LogP contribution in [0.15, 0.2) is 6.20 Å². The summed E-state index contributed by atoms with van der Waals surface area (Å²) in [6.45, 7) is 3.43. The van der Waals surface area contributed by atoms with Crippen LogP contribution in [-0.2, 0) is 13.1 Å². The van der Waals surface area contributed by atoms with Crippen molar-refractivity contribution in [2.75, 3.05) is 18.4 Å². The van der Waals surface area contributed by atoms with Crippen LogP contribution in [0.2, 0.25) is 0 Å². The van der Waals surface area contributed by atoms with E-state index in [1.807, 2.05) is 10.9 Å². The van der Waals surface area contributed by atoms with Crippen molar-refractivity contribution >= 4 is 5.82 Å². The van der Waals surface area contributed by atoms with Crippen molar-refractivity contribution in [3.63, 3.8) is 0 Å². The Labute approximate surface area is 83.7 Å². The molecule has 0 aromatic carbocycles. The van der Waals surface area contributed by atoms with E-state index in [1.165, 1.54) is 5.56 Å². The maximum atomic E-state index is 5.16. The first-order valence-corrected chi connectivity index (χ1v) is 4.84. The summed E-state index contributed by atoms with van der Waals surface area (Å²) in [6, 6.07) is 0. The van der Waals surface area contributed by atoms with Gasteiger partial charge >= 0.3 is 0 Å². The van der Waals surface area contributed by atoms with Crippen molar-refractivity contribution in [3.8, 4) is 12.3 Å². The first kappa shape index (κ1) is 9.10. The molecule has 2 heterocycles. The Kier molecular flexibility index (Phi) is 2.70. The fourth-order valence-corrected chi connectivity index (χ4v) is 1.63. The van der Waals surface area contributed by atoms with E-state index in [-0.39, 0.29) is 0 Å². The summed E-state index contributed by atoms with van der Waals surface area (Å²) in [5.41, 5.74) is 1.19. The second kappa shape index (κ2) is 4.16. The van der Waals surface area contributed by atoms with Crippen molar-refractivity contribution in [1.82, 2.24) is 15.1 Å². The third kappa shape index (κ3) is 1.73. The van der Waals surface area contributed by atoms with E-state index in [4.69, 9.17) is 6.42 Å². The Bertz CT molecular complexity index is 347. The van der Waals surface area contributed by atoms with Gasteiger partial charge in [0.2, 0.25) is 0 Å². The highest BCUT2D eigenvalue weighted by molar-refractivity contribution is 5.44. The number of terminal acetylenes is 1. The third-order valence-electron chi connectivity index (χ3n) is 2.30. The quantitative estimate of drug-likeness (QED) is 0.536. The largest absolute Gasteiger partial charge is 0.370 e. The van der Waals surface area contributed by atoms with E-state index in [0.29, 0.717) is 6.54 Å². The van der Waals surface area contributed by atoms with Gasteiger partial charge < -0.3 is 10.6 Å². The summed E-state index contributed by atoms with van der Waals surface area (Å²) in [7, 11) is 0. The molecule has 1 aliphatic heterocycles. The summed E-state index contributed by atoms with van der Waals surface area (Å²) >= 11 is 0. The molecule has 2 rings (SSSR count). The van der Waals surface area contributed by atoms with E-state index < -0.39 is 0 Å². The number of aromatic nitrogens is 2. The zero-order valence-corrected chi connectivity index (χ0v) is 8.08. The topological polar surface area (TPSA) is 41.9 Å². The molecule has 0 bridgehead atoms. The number of nitrogens with zero attached hydrogens (tertiary/aromatic N) is 2. The fraction of sp³-hybridized carbons (Fsp3) is 0.500. The van der Waals surface area contributed by atoms with Crippen LogP contribution in [0.4, 0.5) is 5.82 Å². The molecule has 0 saturated heterocycles. The van der Waals surface area contributed by atoms with Crippen LogP contribution < -0.4 is 10.6 Å². The van der Waals surface area contributed by atoms with Crippen molar-refractivity contribution in [1.29, 1.82) is 0 Å². The SMILES string of the molecule is C#CCNCc1cnn2c1NCCC2. The second-order valence-electron chi connectivity index (χ2n) is 3.33. The molecule has 14 heavy (non-hydrogen) atoms. The number of anilines is 1. The predicted octanol–water partition coefficient (Wildman–Crippen LogP) is 0.421. The average molecular weight is 190 g/mol. The van der Waals surface area contributed by atoms with E-state index in [2.05, 4.69) is 21.7 Å². The second-order valence-corrected chi connectivity index (χ2v) is 3.33. The first-order chi connectivity index (χ1) is 6.92. The number of hydrogen-bond donors (Lipinski definition) is 2. The summed E-state index contributed by atoms with van der Waals surface area (Å²) in [5, 5.41) is 10.8. The highest BCUT2D eigenvalue weighted by atomic mass is 15.3. The van der Waals surface area contributed by atoms with Gasteiger partial charge in [-0.3, -0.25) is 0 Å². The number of aryl methyl sites for hydroxylation is 1. The van der Waals surface area contributed by atoms with Crippen LogP contribution in [0, 0.1) is 12.3 Å². The number of fused-ring (bicyclic) bond motifs is 1. The Morgan fingerprint density at radius 1 is 1.71 bits per heavy atom. The summed E-state index contributed by atoms with van der Waals surface area (Å²) < 4.78 is 2.01. The van der Waals surface area contributed by atoms with E-state index >= 15 is 0 Å². The van der Waals surface area contributed by atoms with Crippen LogP contribution in [0.5, 0.6) is 0 Å². The van der Waals surface area contributed by atoms with Gasteiger partial charge in [0.15, 0.2) is 0 Å². The summed E-state index contributed by atoms with van der Waals surface area (Å²) in [6.07, 6.45) is 8.20. The Morgan fingerprint density at radius 3 is 3.50 bits per heavy atom. The molecule has 2 N–H and O–H groups in total. The zero-order valence-electron chi connectivity index (χ0n) is 8.08. The lowest BCUT2D eigenvalue weighted by Crippen LogP contribution is -2.20. The lowest BCUT2D eigenvalue weighted by atomic mass is 10.3. The maximum absolute atomic E-state index is 5.16. The molecule has 0 unspecified atom stereocenters. The smallest absolute Gasteiger partial charge is 0.128 e. The minimum atomic E-state index is 0.602. The molecule has 4 heteroatoms. The third-order valence-corrected chi connectivity index (χ3v) is 2.30. The van der Waals surface area contributed by atoms with Crippen molar-refractivity contribution in [2.24, 2.45) is 0 Å². The highest BCUT2D eigenvalue weighted by Crippen LogP contribution is 2.18. The Balaban J connectivity index is 2.04. The predicted molar refractivity (Wildman–Crippen MR) is 55.9 cm³/mol. The Hall–Kier alpha value is -1.47. The van der Waals surface area contributed by atoms with E-state index in [1.54, 1.807) is 0 Å². The van der Waals surface area contributed by atoms with Gasteiger partial charge in [-0.1, -0.05) is 5.92 Å². The molecule has 0 aliphatic carbocycles. The average Bonchev–Trinajstić information content (AvgIpc) is 2.63. The van der Waals surface area contributed by atoms with Gasteiger partial charge in [0.25, 0.3) is 0 Å². The van der Waals surface area contributed by atoms with Gasteiger partial charge in [-0.2, -0.15) is 5.10 Å². The molecule has 0 saturated carbocycles. The molecular weight excluding hydrogens is 176 g/mol. The molecule has 1 aromatic heterocycles. The van der Waals surface area contributed by atoms with Crippen LogP contribution in [0.3, 0.4) is 0 Å². The van der Waals surface area contributed by atoms with Crippen LogP contribution >= 0.6 is 0 Å². The van der Waals surface area contributed by atoms with Gasteiger partial charge in [-0.15, -0.1) is 6.42 Å². The van der Waals surface area contributed by atoms with Crippen LogP contribution in [-0.4, -0.2) is 22.9 Å². The van der Waals surface area contributed by atoms with E-state index in [9.17, 15) is 0 Å². The van der Waals surface area contributed by atoms with Crippen LogP contribution in [0.1, 0.15) is 12.0 Å². The number of nitrogens with one attached hydrogen (secondary N) is 2. The standard InChI is InChI=1S/C10H14N4/c1-2-4-11-7-9-8-13-14-6-3-5-12-10(9)14/h1,8,11-12H,3-7H2.